The molecule has 1 aliphatic carbocycles. The highest BCUT2D eigenvalue weighted by Crippen LogP contribution is 2.37. The molecule has 2 atom stereocenters. The van der Waals surface area contributed by atoms with Crippen molar-refractivity contribution in [2.75, 3.05) is 51.3 Å². The van der Waals surface area contributed by atoms with Crippen LogP contribution in [0, 0.1) is 11.8 Å². The number of allylic oxidation sites excluding steroid dienone is 2. The molecular formula is C22H29N3O4. The van der Waals surface area contributed by atoms with Gasteiger partial charge in [0.15, 0.2) is 0 Å². The number of imide groups is 1. The van der Waals surface area contributed by atoms with Gasteiger partial charge in [-0.05, 0) is 37.9 Å². The molecular weight excluding hydrogens is 370 g/mol. The molecule has 1 aromatic rings. The van der Waals surface area contributed by atoms with Gasteiger partial charge in [0.1, 0.15) is 17.2 Å². The number of phenols is 1. The maximum Gasteiger partial charge on any atom is 0.233 e. The van der Waals surface area contributed by atoms with E-state index in [-0.39, 0.29) is 29.4 Å². The van der Waals surface area contributed by atoms with Crippen LogP contribution in [0.1, 0.15) is 19.3 Å². The van der Waals surface area contributed by atoms with E-state index in [0.29, 0.717) is 25.1 Å². The molecule has 0 aromatic heterocycles. The van der Waals surface area contributed by atoms with Crippen molar-refractivity contribution in [2.24, 2.45) is 11.8 Å². The van der Waals surface area contributed by atoms with Crippen LogP contribution in [-0.4, -0.2) is 73.1 Å². The summed E-state index contributed by atoms with van der Waals surface area (Å²) in [5, 5.41) is 10.2. The van der Waals surface area contributed by atoms with Gasteiger partial charge in [-0.25, -0.2) is 0 Å². The number of piperazine rings is 1. The van der Waals surface area contributed by atoms with Crippen molar-refractivity contribution in [3.05, 3.63) is 30.4 Å². The molecule has 7 heteroatoms. The van der Waals surface area contributed by atoms with E-state index in [1.54, 1.807) is 19.2 Å². The lowest BCUT2D eigenvalue weighted by atomic mass is 9.85. The predicted molar refractivity (Wildman–Crippen MR) is 110 cm³/mol. The molecule has 156 valence electrons. The number of methoxy groups -OCH3 is 1. The number of carbonyl (C=O) groups excluding carboxylic acids is 2. The Balaban J connectivity index is 1.26. The van der Waals surface area contributed by atoms with Gasteiger partial charge >= 0.3 is 0 Å². The minimum absolute atomic E-state index is 0.0146. The van der Waals surface area contributed by atoms with E-state index < -0.39 is 0 Å². The van der Waals surface area contributed by atoms with E-state index in [2.05, 4.69) is 9.80 Å². The number of nitrogens with zero attached hydrogens (tertiary/aromatic N) is 3. The van der Waals surface area contributed by atoms with Crippen LogP contribution in [0.15, 0.2) is 30.4 Å². The highest BCUT2D eigenvalue weighted by Gasteiger charge is 2.46. The van der Waals surface area contributed by atoms with Gasteiger partial charge in [-0.2, -0.15) is 0 Å². The summed E-state index contributed by atoms with van der Waals surface area (Å²) in [6.45, 7) is 4.70. The van der Waals surface area contributed by atoms with Gasteiger partial charge in [0, 0.05) is 32.7 Å². The monoisotopic (exact) mass is 399 g/mol. The standard InChI is InChI=1S/C22H29N3O4/c1-29-19-9-4-8-18(26)20(19)24-14-12-23(13-15-24)10-5-11-25-21(27)16-6-2-3-7-17(16)22(25)28/h2-4,8-9,16-17,26H,5-7,10-15H2,1H3. The highest BCUT2D eigenvalue weighted by atomic mass is 16.5. The molecule has 2 unspecified atom stereocenters. The lowest BCUT2D eigenvalue weighted by Gasteiger charge is -2.37. The Morgan fingerprint density at radius 2 is 1.66 bits per heavy atom. The van der Waals surface area contributed by atoms with Crippen LogP contribution in [0.3, 0.4) is 0 Å². The molecule has 0 bridgehead atoms. The van der Waals surface area contributed by atoms with Gasteiger partial charge in [0.05, 0.1) is 18.9 Å². The summed E-state index contributed by atoms with van der Waals surface area (Å²) in [5.74, 6) is 0.677. The number of hydrogen-bond acceptors (Lipinski definition) is 6. The number of benzene rings is 1. The Hall–Kier alpha value is -2.54. The third-order valence-electron chi connectivity index (χ3n) is 6.34. The number of ether oxygens (including phenoxy) is 1. The third kappa shape index (κ3) is 3.83. The maximum atomic E-state index is 12.5. The number of carbonyl (C=O) groups is 2. The van der Waals surface area contributed by atoms with Crippen molar-refractivity contribution < 1.29 is 19.4 Å². The number of phenolic OH excluding ortho intramolecular Hbond substituents is 1. The third-order valence-corrected chi connectivity index (χ3v) is 6.34. The first-order chi connectivity index (χ1) is 14.1. The molecule has 2 heterocycles. The fourth-order valence-corrected chi connectivity index (χ4v) is 4.73. The van der Waals surface area contributed by atoms with Crippen LogP contribution in [0.4, 0.5) is 5.69 Å². The molecule has 0 radical (unpaired) electrons. The van der Waals surface area contributed by atoms with Gasteiger partial charge in [-0.15, -0.1) is 0 Å². The molecule has 29 heavy (non-hydrogen) atoms. The Morgan fingerprint density at radius 3 is 2.28 bits per heavy atom. The summed E-state index contributed by atoms with van der Waals surface area (Å²) in [6, 6.07) is 5.32. The summed E-state index contributed by atoms with van der Waals surface area (Å²) < 4.78 is 5.40. The van der Waals surface area contributed by atoms with E-state index in [0.717, 1.165) is 44.8 Å². The summed E-state index contributed by atoms with van der Waals surface area (Å²) in [5.41, 5.74) is 0.749. The molecule has 0 spiro atoms. The van der Waals surface area contributed by atoms with Crippen LogP contribution >= 0.6 is 0 Å². The summed E-state index contributed by atoms with van der Waals surface area (Å²) in [7, 11) is 1.61. The van der Waals surface area contributed by atoms with E-state index in [1.807, 2.05) is 18.2 Å². The first-order valence-corrected chi connectivity index (χ1v) is 10.4. The molecule has 1 N–H and O–H groups in total. The molecule has 2 fully saturated rings. The molecule has 1 aromatic carbocycles. The number of anilines is 1. The molecule has 7 nitrogen and oxygen atoms in total. The number of hydrogen-bond donors (Lipinski definition) is 1. The smallest absolute Gasteiger partial charge is 0.233 e. The minimum Gasteiger partial charge on any atom is -0.506 e. The number of amides is 2. The topological polar surface area (TPSA) is 73.3 Å². The van der Waals surface area contributed by atoms with Gasteiger partial charge in [-0.1, -0.05) is 18.2 Å². The molecule has 2 aliphatic heterocycles. The van der Waals surface area contributed by atoms with Crippen LogP contribution < -0.4 is 9.64 Å². The summed E-state index contributed by atoms with van der Waals surface area (Å²) >= 11 is 0. The first-order valence-electron chi connectivity index (χ1n) is 10.4. The van der Waals surface area contributed by atoms with Crippen molar-refractivity contribution >= 4 is 17.5 Å². The van der Waals surface area contributed by atoms with Crippen LogP contribution in [-0.2, 0) is 9.59 Å². The minimum atomic E-state index is -0.135. The zero-order chi connectivity index (χ0) is 20.4. The van der Waals surface area contributed by atoms with Gasteiger partial charge in [-0.3, -0.25) is 19.4 Å². The van der Waals surface area contributed by atoms with Gasteiger partial charge in [0.25, 0.3) is 0 Å². The zero-order valence-corrected chi connectivity index (χ0v) is 16.9. The number of rotatable bonds is 6. The molecule has 2 saturated heterocycles. The van der Waals surface area contributed by atoms with Crippen LogP contribution in [0.25, 0.3) is 0 Å². The van der Waals surface area contributed by atoms with Crippen LogP contribution in [0.5, 0.6) is 11.5 Å². The van der Waals surface area contributed by atoms with Crippen molar-refractivity contribution in [3.63, 3.8) is 0 Å². The van der Waals surface area contributed by atoms with Crippen molar-refractivity contribution in [1.29, 1.82) is 0 Å². The second-order valence-electron chi connectivity index (χ2n) is 7.99. The molecule has 3 aliphatic rings. The second-order valence-corrected chi connectivity index (χ2v) is 7.99. The second kappa shape index (κ2) is 8.45. The van der Waals surface area contributed by atoms with E-state index >= 15 is 0 Å². The number of likely N-dealkylation sites (tertiary alicyclic amines) is 1. The Morgan fingerprint density at radius 1 is 1.00 bits per heavy atom. The molecule has 2 amide bonds. The molecule has 0 saturated carbocycles. The summed E-state index contributed by atoms with van der Waals surface area (Å²) in [6.07, 6.45) is 6.24. The lowest BCUT2D eigenvalue weighted by molar-refractivity contribution is -0.140. The van der Waals surface area contributed by atoms with Crippen LogP contribution in [0.2, 0.25) is 0 Å². The number of aromatic hydroxyl groups is 1. The molecule has 4 rings (SSSR count). The van der Waals surface area contributed by atoms with Gasteiger partial charge < -0.3 is 14.7 Å². The lowest BCUT2D eigenvalue weighted by Crippen LogP contribution is -2.47. The van der Waals surface area contributed by atoms with E-state index in [1.165, 1.54) is 4.90 Å². The first kappa shape index (κ1) is 19.8. The highest BCUT2D eigenvalue weighted by molar-refractivity contribution is 6.05. The average molecular weight is 399 g/mol. The normalized spacial score (nSPS) is 24.9. The van der Waals surface area contributed by atoms with Crippen molar-refractivity contribution in [2.45, 2.75) is 19.3 Å². The SMILES string of the molecule is COc1cccc(O)c1N1CCN(CCCN2C(=O)C3CC=CCC3C2=O)CC1. The Labute approximate surface area is 171 Å². The Bertz CT molecular complexity index is 775. The largest absolute Gasteiger partial charge is 0.506 e. The van der Waals surface area contributed by atoms with E-state index in [4.69, 9.17) is 4.74 Å². The predicted octanol–water partition coefficient (Wildman–Crippen LogP) is 1.86. The Kier molecular flexibility index (Phi) is 5.76. The quantitative estimate of drug-likeness (QED) is 0.582. The van der Waals surface area contributed by atoms with Crippen molar-refractivity contribution in [1.82, 2.24) is 9.80 Å². The maximum absolute atomic E-state index is 12.5. The zero-order valence-electron chi connectivity index (χ0n) is 16.9. The fourth-order valence-electron chi connectivity index (χ4n) is 4.73. The van der Waals surface area contributed by atoms with E-state index in [9.17, 15) is 14.7 Å². The fraction of sp³-hybridized carbons (Fsp3) is 0.545. The number of para-hydroxylation sites is 1. The summed E-state index contributed by atoms with van der Waals surface area (Å²) in [4.78, 5) is 31.1. The average Bonchev–Trinajstić information content (AvgIpc) is 2.99. The number of fused-ring (bicyclic) bond motifs is 1. The van der Waals surface area contributed by atoms with Crippen molar-refractivity contribution in [3.8, 4) is 11.5 Å². The van der Waals surface area contributed by atoms with Gasteiger partial charge in [0.2, 0.25) is 11.8 Å².